The summed E-state index contributed by atoms with van der Waals surface area (Å²) < 4.78 is 0. The zero-order valence-corrected chi connectivity index (χ0v) is 16.7. The lowest BCUT2D eigenvalue weighted by Crippen LogP contribution is -2.42. The van der Waals surface area contributed by atoms with Gasteiger partial charge in [0, 0.05) is 17.3 Å². The van der Waals surface area contributed by atoms with Crippen molar-refractivity contribution in [3.05, 3.63) is 41.1 Å². The van der Waals surface area contributed by atoms with Crippen LogP contribution in [0.3, 0.4) is 0 Å². The molecule has 0 bridgehead atoms. The molecular formula is C23H28N4O2. The van der Waals surface area contributed by atoms with Gasteiger partial charge in [0.05, 0.1) is 11.1 Å². The number of carbonyl (C=O) groups is 1. The van der Waals surface area contributed by atoms with E-state index in [1.54, 1.807) is 0 Å². The average Bonchev–Trinajstić information content (AvgIpc) is 3.33. The van der Waals surface area contributed by atoms with Gasteiger partial charge in [-0.05, 0) is 62.6 Å². The largest absolute Gasteiger partial charge is 0.481 e. The van der Waals surface area contributed by atoms with E-state index in [4.69, 9.17) is 9.97 Å². The van der Waals surface area contributed by atoms with Crippen LogP contribution in [0.4, 0.5) is 17.5 Å². The Balaban J connectivity index is 1.37. The van der Waals surface area contributed by atoms with E-state index in [0.717, 1.165) is 61.3 Å². The highest BCUT2D eigenvalue weighted by molar-refractivity contribution is 5.82. The van der Waals surface area contributed by atoms with Crippen LogP contribution in [0, 0.1) is 0 Å². The molecule has 0 unspecified atom stereocenters. The van der Waals surface area contributed by atoms with E-state index < -0.39 is 11.4 Å². The van der Waals surface area contributed by atoms with Gasteiger partial charge in [0.2, 0.25) is 5.95 Å². The molecule has 6 nitrogen and oxygen atoms in total. The van der Waals surface area contributed by atoms with Crippen LogP contribution in [0.5, 0.6) is 0 Å². The Bertz CT molecular complexity index is 915. The summed E-state index contributed by atoms with van der Waals surface area (Å²) in [6.45, 7) is 0. The third-order valence-electron chi connectivity index (χ3n) is 6.94. The van der Waals surface area contributed by atoms with Crippen molar-refractivity contribution in [3.63, 3.8) is 0 Å². The van der Waals surface area contributed by atoms with Gasteiger partial charge in [-0.2, -0.15) is 4.98 Å². The van der Waals surface area contributed by atoms with Crippen molar-refractivity contribution in [2.45, 2.75) is 75.7 Å². The fourth-order valence-corrected chi connectivity index (χ4v) is 5.03. The predicted octanol–water partition coefficient (Wildman–Crippen LogP) is 4.57. The first-order valence-corrected chi connectivity index (χ1v) is 10.9. The molecule has 0 aliphatic heterocycles. The molecule has 6 heteroatoms. The summed E-state index contributed by atoms with van der Waals surface area (Å²) in [5.74, 6) is 0.905. The first kappa shape index (κ1) is 18.4. The van der Waals surface area contributed by atoms with E-state index in [1.165, 1.54) is 31.2 Å². The second-order valence-corrected chi connectivity index (χ2v) is 8.74. The second-order valence-electron chi connectivity index (χ2n) is 8.74. The van der Waals surface area contributed by atoms with Crippen molar-refractivity contribution in [3.8, 4) is 0 Å². The Kier molecular flexibility index (Phi) is 4.64. The minimum Gasteiger partial charge on any atom is -0.481 e. The minimum absolute atomic E-state index is 0.524. The molecule has 0 radical (unpaired) electrons. The van der Waals surface area contributed by atoms with E-state index in [0.29, 0.717) is 12.0 Å². The highest BCUT2D eigenvalue weighted by Gasteiger charge is 2.45. The van der Waals surface area contributed by atoms with Crippen molar-refractivity contribution in [2.24, 2.45) is 0 Å². The quantitative estimate of drug-likeness (QED) is 0.667. The zero-order valence-electron chi connectivity index (χ0n) is 16.7. The lowest BCUT2D eigenvalue weighted by Gasteiger charge is -2.38. The molecule has 0 spiro atoms. The number of fused-ring (bicyclic) bond motifs is 1. The minimum atomic E-state index is -0.714. The van der Waals surface area contributed by atoms with Crippen LogP contribution in [0.1, 0.15) is 68.2 Å². The molecule has 0 saturated heterocycles. The maximum atomic E-state index is 11.7. The molecule has 2 aromatic rings. The number of aromatic nitrogens is 2. The molecular weight excluding hydrogens is 364 g/mol. The number of benzene rings is 1. The van der Waals surface area contributed by atoms with E-state index in [1.807, 2.05) is 24.3 Å². The van der Waals surface area contributed by atoms with Crippen molar-refractivity contribution in [2.75, 3.05) is 10.6 Å². The molecule has 2 fully saturated rings. The lowest BCUT2D eigenvalue weighted by atomic mass is 9.64. The molecule has 0 atom stereocenters. The van der Waals surface area contributed by atoms with Crippen LogP contribution in [0.2, 0.25) is 0 Å². The molecule has 1 heterocycles. The summed E-state index contributed by atoms with van der Waals surface area (Å²) in [6, 6.07) is 8.27. The first-order valence-electron chi connectivity index (χ1n) is 10.9. The summed E-state index contributed by atoms with van der Waals surface area (Å²) in [5.41, 5.74) is 3.52. The number of hydrogen-bond donors (Lipinski definition) is 3. The van der Waals surface area contributed by atoms with Crippen LogP contribution in [-0.4, -0.2) is 27.1 Å². The van der Waals surface area contributed by atoms with E-state index in [-0.39, 0.29) is 0 Å². The Labute approximate surface area is 171 Å². The Hall–Kier alpha value is -2.63. The Morgan fingerprint density at radius 1 is 1.00 bits per heavy atom. The number of nitrogens with zero attached hydrogens (tertiary/aromatic N) is 2. The maximum Gasteiger partial charge on any atom is 0.314 e. The van der Waals surface area contributed by atoms with Crippen molar-refractivity contribution in [1.29, 1.82) is 0 Å². The summed E-state index contributed by atoms with van der Waals surface area (Å²) in [5, 5.41) is 16.6. The van der Waals surface area contributed by atoms with Crippen LogP contribution in [0.25, 0.3) is 0 Å². The smallest absolute Gasteiger partial charge is 0.314 e. The van der Waals surface area contributed by atoms with Gasteiger partial charge in [0.25, 0.3) is 0 Å². The molecule has 0 amide bonds. The number of aryl methyl sites for hydroxylation is 1. The Morgan fingerprint density at radius 3 is 2.41 bits per heavy atom. The number of nitrogens with one attached hydrogen (secondary N) is 2. The third kappa shape index (κ3) is 3.34. The van der Waals surface area contributed by atoms with Gasteiger partial charge in [0.1, 0.15) is 5.82 Å². The van der Waals surface area contributed by atoms with E-state index in [2.05, 4.69) is 10.6 Å². The maximum absolute atomic E-state index is 11.7. The molecule has 152 valence electrons. The summed E-state index contributed by atoms with van der Waals surface area (Å²) in [6.07, 6.45) is 10.6. The fraction of sp³-hybridized carbons (Fsp3) is 0.522. The number of hydrogen-bond acceptors (Lipinski definition) is 5. The molecule has 3 aliphatic carbocycles. The van der Waals surface area contributed by atoms with Gasteiger partial charge in [-0.15, -0.1) is 0 Å². The third-order valence-corrected chi connectivity index (χ3v) is 6.94. The molecule has 1 aromatic carbocycles. The number of anilines is 3. The molecule has 2 saturated carbocycles. The standard InChI is InChI=1S/C23H28N4O2/c28-21(29)23(13-4-14-23)15-9-11-17(12-10-15)25-22-26-19-8-3-7-18(19)20(27-22)24-16-5-1-2-6-16/h9-12,16H,1-8,13-14H2,(H,28,29)(H2,24,25,26,27). The first-order chi connectivity index (χ1) is 14.1. The van der Waals surface area contributed by atoms with Gasteiger partial charge < -0.3 is 15.7 Å². The number of aliphatic carboxylic acids is 1. The monoisotopic (exact) mass is 392 g/mol. The van der Waals surface area contributed by atoms with Crippen LogP contribution >= 0.6 is 0 Å². The average molecular weight is 393 g/mol. The molecule has 29 heavy (non-hydrogen) atoms. The number of carboxylic acid groups (broad SMARTS) is 1. The van der Waals surface area contributed by atoms with Gasteiger partial charge in [0.15, 0.2) is 0 Å². The predicted molar refractivity (Wildman–Crippen MR) is 113 cm³/mol. The second kappa shape index (κ2) is 7.32. The van der Waals surface area contributed by atoms with Crippen molar-refractivity contribution in [1.82, 2.24) is 9.97 Å². The summed E-state index contributed by atoms with van der Waals surface area (Å²) in [7, 11) is 0. The van der Waals surface area contributed by atoms with Gasteiger partial charge in [-0.3, -0.25) is 4.79 Å². The summed E-state index contributed by atoms with van der Waals surface area (Å²) in [4.78, 5) is 21.3. The fourth-order valence-electron chi connectivity index (χ4n) is 5.03. The Morgan fingerprint density at radius 2 is 1.76 bits per heavy atom. The molecule has 3 aliphatic rings. The molecule has 5 rings (SSSR count). The molecule has 3 N–H and O–H groups in total. The van der Waals surface area contributed by atoms with E-state index in [9.17, 15) is 9.90 Å². The highest BCUT2D eigenvalue weighted by atomic mass is 16.4. The van der Waals surface area contributed by atoms with E-state index >= 15 is 0 Å². The summed E-state index contributed by atoms with van der Waals surface area (Å²) >= 11 is 0. The van der Waals surface area contributed by atoms with Gasteiger partial charge in [-0.1, -0.05) is 31.4 Å². The van der Waals surface area contributed by atoms with Crippen molar-refractivity contribution >= 4 is 23.4 Å². The van der Waals surface area contributed by atoms with Crippen LogP contribution in [0.15, 0.2) is 24.3 Å². The zero-order chi connectivity index (χ0) is 19.8. The van der Waals surface area contributed by atoms with Crippen molar-refractivity contribution < 1.29 is 9.90 Å². The van der Waals surface area contributed by atoms with Gasteiger partial charge >= 0.3 is 5.97 Å². The van der Waals surface area contributed by atoms with Crippen LogP contribution < -0.4 is 10.6 Å². The molecule has 1 aromatic heterocycles. The number of carboxylic acids is 1. The van der Waals surface area contributed by atoms with Gasteiger partial charge in [-0.25, -0.2) is 4.98 Å². The SMILES string of the molecule is O=C(O)C1(c2ccc(Nc3nc4c(c(NC5CCCC5)n3)CCC4)cc2)CCC1. The topological polar surface area (TPSA) is 87.1 Å². The normalized spacial score (nSPS) is 20.1. The van der Waals surface area contributed by atoms with Crippen LogP contribution in [-0.2, 0) is 23.1 Å². The number of rotatable bonds is 6. The highest BCUT2D eigenvalue weighted by Crippen LogP contribution is 2.44. The lowest BCUT2D eigenvalue weighted by molar-refractivity contribution is -0.147.